The van der Waals surface area contributed by atoms with Gasteiger partial charge < -0.3 is 16.4 Å². The third kappa shape index (κ3) is 4.90. The van der Waals surface area contributed by atoms with Crippen molar-refractivity contribution in [1.82, 2.24) is 5.32 Å². The van der Waals surface area contributed by atoms with Gasteiger partial charge in [-0.1, -0.05) is 48.5 Å². The van der Waals surface area contributed by atoms with Crippen LogP contribution in [0.4, 0.5) is 5.69 Å². The summed E-state index contributed by atoms with van der Waals surface area (Å²) >= 11 is 0. The fourth-order valence-electron chi connectivity index (χ4n) is 3.03. The van der Waals surface area contributed by atoms with E-state index in [0.29, 0.717) is 28.9 Å². The molecule has 3 rings (SSSR count). The van der Waals surface area contributed by atoms with Crippen LogP contribution < -0.4 is 16.4 Å². The normalized spacial score (nSPS) is 11.2. The zero-order valence-corrected chi connectivity index (χ0v) is 16.6. The van der Waals surface area contributed by atoms with E-state index in [1.54, 1.807) is 60.7 Å². The first-order valence-electron chi connectivity index (χ1n) is 9.48. The lowest BCUT2D eigenvalue weighted by Gasteiger charge is -2.19. The molecule has 0 radical (unpaired) electrons. The van der Waals surface area contributed by atoms with Gasteiger partial charge in [-0.05, 0) is 47.9 Å². The minimum atomic E-state index is -0.910. The molecule has 4 N–H and O–H groups in total. The van der Waals surface area contributed by atoms with Crippen LogP contribution in [0.15, 0.2) is 72.8 Å². The lowest BCUT2D eigenvalue weighted by molar-refractivity contribution is -0.118. The molecule has 0 saturated heterocycles. The number of nitrogens with zero attached hydrogens (tertiary/aromatic N) is 1. The van der Waals surface area contributed by atoms with Crippen molar-refractivity contribution >= 4 is 17.5 Å². The largest absolute Gasteiger partial charge is 0.336 e. The number of anilines is 1. The highest BCUT2D eigenvalue weighted by Gasteiger charge is 2.23. The number of nitrogens with two attached hydrogens (primary N) is 1. The predicted octanol–water partition coefficient (Wildman–Crippen LogP) is 3.44. The monoisotopic (exact) mass is 398 g/mol. The average Bonchev–Trinajstić information content (AvgIpc) is 2.79. The minimum Gasteiger partial charge on any atom is -0.336 e. The molecule has 3 aromatic rings. The van der Waals surface area contributed by atoms with Gasteiger partial charge in [0.25, 0.3) is 11.8 Å². The Labute approximate surface area is 175 Å². The fourth-order valence-corrected chi connectivity index (χ4v) is 3.03. The van der Waals surface area contributed by atoms with Gasteiger partial charge in [0.2, 0.25) is 0 Å². The molecule has 0 heterocycles. The van der Waals surface area contributed by atoms with E-state index in [0.717, 1.165) is 11.1 Å². The third-order valence-corrected chi connectivity index (χ3v) is 4.72. The van der Waals surface area contributed by atoms with Crippen LogP contribution in [-0.4, -0.2) is 11.8 Å². The Kier molecular flexibility index (Phi) is 6.58. The number of carbonyl (C=O) groups is 2. The summed E-state index contributed by atoms with van der Waals surface area (Å²) < 4.78 is 0. The third-order valence-electron chi connectivity index (χ3n) is 4.72. The summed E-state index contributed by atoms with van der Waals surface area (Å²) in [6, 6.07) is 22.3. The summed E-state index contributed by atoms with van der Waals surface area (Å²) in [5.74, 6) is -0.784. The van der Waals surface area contributed by atoms with E-state index in [9.17, 15) is 14.9 Å². The molecule has 0 aliphatic rings. The summed E-state index contributed by atoms with van der Waals surface area (Å²) in [7, 11) is 0. The van der Waals surface area contributed by atoms with Crippen molar-refractivity contribution in [2.75, 3.05) is 5.32 Å². The highest BCUT2D eigenvalue weighted by molar-refractivity contribution is 6.01. The van der Waals surface area contributed by atoms with Gasteiger partial charge in [-0.3, -0.25) is 9.59 Å². The first kappa shape index (κ1) is 20.8. The smallest absolute Gasteiger partial charge is 0.252 e. The average molecular weight is 398 g/mol. The number of carbonyl (C=O) groups excluding carboxylic acids is 2. The summed E-state index contributed by atoms with van der Waals surface area (Å²) in [5.41, 5.74) is 9.35. The van der Waals surface area contributed by atoms with E-state index in [1.165, 1.54) is 0 Å². The van der Waals surface area contributed by atoms with Crippen molar-refractivity contribution in [1.29, 1.82) is 5.26 Å². The zero-order chi connectivity index (χ0) is 21.5. The van der Waals surface area contributed by atoms with E-state index >= 15 is 0 Å². The molecule has 0 aliphatic heterocycles. The Morgan fingerprint density at radius 2 is 1.80 bits per heavy atom. The van der Waals surface area contributed by atoms with Gasteiger partial charge in [0.05, 0.1) is 11.6 Å². The van der Waals surface area contributed by atoms with E-state index in [1.807, 2.05) is 19.1 Å². The molecule has 0 aromatic heterocycles. The molecule has 1 atom stereocenters. The quantitative estimate of drug-likeness (QED) is 0.591. The van der Waals surface area contributed by atoms with Gasteiger partial charge in [-0.15, -0.1) is 0 Å². The molecule has 6 heteroatoms. The number of hydrogen-bond acceptors (Lipinski definition) is 4. The second kappa shape index (κ2) is 9.50. The summed E-state index contributed by atoms with van der Waals surface area (Å²) in [5, 5.41) is 14.8. The molecule has 0 saturated carbocycles. The van der Waals surface area contributed by atoms with Crippen molar-refractivity contribution in [3.05, 3.63) is 101 Å². The molecular formula is C24H22N4O2. The maximum atomic E-state index is 13.1. The van der Waals surface area contributed by atoms with Gasteiger partial charge in [0.15, 0.2) is 0 Å². The van der Waals surface area contributed by atoms with Crippen molar-refractivity contribution in [2.24, 2.45) is 5.73 Å². The molecule has 0 aliphatic carbocycles. The van der Waals surface area contributed by atoms with Crippen LogP contribution in [0.1, 0.15) is 38.7 Å². The van der Waals surface area contributed by atoms with E-state index in [4.69, 9.17) is 5.73 Å². The van der Waals surface area contributed by atoms with Gasteiger partial charge in [0, 0.05) is 17.8 Å². The van der Waals surface area contributed by atoms with Crippen molar-refractivity contribution < 1.29 is 9.59 Å². The van der Waals surface area contributed by atoms with E-state index in [-0.39, 0.29) is 5.91 Å². The number of benzene rings is 3. The van der Waals surface area contributed by atoms with Crippen LogP contribution in [-0.2, 0) is 11.3 Å². The molecule has 2 amide bonds. The van der Waals surface area contributed by atoms with Gasteiger partial charge in [-0.25, -0.2) is 0 Å². The first-order valence-corrected chi connectivity index (χ1v) is 9.48. The molecule has 3 aromatic carbocycles. The summed E-state index contributed by atoms with van der Waals surface area (Å²) in [6.07, 6.45) is 0. The maximum absolute atomic E-state index is 13.1. The van der Waals surface area contributed by atoms with E-state index < -0.39 is 11.9 Å². The second-order valence-electron chi connectivity index (χ2n) is 6.85. The number of rotatable bonds is 6. The van der Waals surface area contributed by atoms with Gasteiger partial charge in [0.1, 0.15) is 6.04 Å². The number of amides is 2. The van der Waals surface area contributed by atoms with Crippen molar-refractivity contribution in [2.45, 2.75) is 19.5 Å². The molecule has 6 nitrogen and oxygen atoms in total. The van der Waals surface area contributed by atoms with Crippen LogP contribution in [0.3, 0.4) is 0 Å². The highest BCUT2D eigenvalue weighted by atomic mass is 16.2. The molecule has 30 heavy (non-hydrogen) atoms. The second-order valence-corrected chi connectivity index (χ2v) is 6.85. The van der Waals surface area contributed by atoms with Crippen molar-refractivity contribution in [3.63, 3.8) is 0 Å². The molecule has 0 unspecified atom stereocenters. The molecular weight excluding hydrogens is 376 g/mol. The SMILES string of the molecule is Cc1ccc(NC(=O)[C@H](NC(=O)c2cccc(CN)c2)c2ccccc2)cc1C#N. The molecule has 150 valence electrons. The first-order chi connectivity index (χ1) is 14.5. The van der Waals surface area contributed by atoms with Gasteiger partial charge in [-0.2, -0.15) is 5.26 Å². The minimum absolute atomic E-state index is 0.318. The van der Waals surface area contributed by atoms with Crippen LogP contribution in [0, 0.1) is 18.3 Å². The fraction of sp³-hybridized carbons (Fsp3) is 0.125. The summed E-state index contributed by atoms with van der Waals surface area (Å²) in [6.45, 7) is 2.14. The number of aryl methyl sites for hydroxylation is 1. The van der Waals surface area contributed by atoms with Crippen LogP contribution >= 0.6 is 0 Å². The Balaban J connectivity index is 1.86. The molecule has 0 spiro atoms. The lowest BCUT2D eigenvalue weighted by atomic mass is 10.0. The number of hydrogen-bond donors (Lipinski definition) is 3. The Bertz CT molecular complexity index is 1100. The Hall–Kier alpha value is -3.95. The number of nitrogens with one attached hydrogen (secondary N) is 2. The van der Waals surface area contributed by atoms with Gasteiger partial charge >= 0.3 is 0 Å². The van der Waals surface area contributed by atoms with E-state index in [2.05, 4.69) is 16.7 Å². The van der Waals surface area contributed by atoms with Crippen LogP contribution in [0.2, 0.25) is 0 Å². The zero-order valence-electron chi connectivity index (χ0n) is 16.6. The molecule has 0 bridgehead atoms. The Morgan fingerprint density at radius 1 is 1.03 bits per heavy atom. The number of nitriles is 1. The Morgan fingerprint density at radius 3 is 2.50 bits per heavy atom. The lowest BCUT2D eigenvalue weighted by Crippen LogP contribution is -2.37. The summed E-state index contributed by atoms with van der Waals surface area (Å²) in [4.78, 5) is 25.9. The highest BCUT2D eigenvalue weighted by Crippen LogP contribution is 2.19. The molecule has 0 fully saturated rings. The van der Waals surface area contributed by atoms with Crippen molar-refractivity contribution in [3.8, 4) is 6.07 Å². The topological polar surface area (TPSA) is 108 Å². The van der Waals surface area contributed by atoms with Crippen LogP contribution in [0.5, 0.6) is 0 Å². The van der Waals surface area contributed by atoms with Crippen LogP contribution in [0.25, 0.3) is 0 Å². The standard InChI is InChI=1S/C24H22N4O2/c1-16-10-11-21(13-20(16)15-26)27-24(30)22(18-7-3-2-4-8-18)28-23(29)19-9-5-6-17(12-19)14-25/h2-13,22H,14,25H2,1H3,(H,27,30)(H,28,29)/t22-/m1/s1. The predicted molar refractivity (Wildman–Crippen MR) is 116 cm³/mol. The maximum Gasteiger partial charge on any atom is 0.252 e.